The number of carbonyl (C=O) groups excluding carboxylic acids is 1. The van der Waals surface area contributed by atoms with E-state index in [-0.39, 0.29) is 23.7 Å². The van der Waals surface area contributed by atoms with Gasteiger partial charge in [-0.05, 0) is 54.3 Å². The van der Waals surface area contributed by atoms with Gasteiger partial charge in [0, 0.05) is 18.7 Å². The monoisotopic (exact) mass is 503 g/mol. The summed E-state index contributed by atoms with van der Waals surface area (Å²) >= 11 is 6.02. The molecule has 3 aromatic rings. The number of rotatable bonds is 6. The normalized spacial score (nSPS) is 15.6. The van der Waals surface area contributed by atoms with Gasteiger partial charge in [-0.25, -0.2) is 9.18 Å². The number of carbonyl (C=O) groups is 1. The topological polar surface area (TPSA) is 54.0 Å². The zero-order valence-electron chi connectivity index (χ0n) is 18.4. The molecule has 4 nitrogen and oxygen atoms in total. The summed E-state index contributed by atoms with van der Waals surface area (Å²) in [6.07, 6.45) is 1.70. The first-order chi connectivity index (χ1) is 16.7. The van der Waals surface area contributed by atoms with E-state index in [1.165, 1.54) is 18.3 Å². The molecular formula is C26H22ClF4N3O. The minimum Gasteiger partial charge on any atom is -0.335 e. The second-order valence-electron chi connectivity index (χ2n) is 8.39. The zero-order valence-corrected chi connectivity index (χ0v) is 19.2. The number of amides is 2. The van der Waals surface area contributed by atoms with Crippen LogP contribution in [0.4, 0.5) is 22.4 Å². The molecule has 0 aliphatic heterocycles. The van der Waals surface area contributed by atoms with Crippen LogP contribution < -0.4 is 10.6 Å². The molecular weight excluding hydrogens is 482 g/mol. The number of nitrogens with one attached hydrogen (secondary N) is 2. The summed E-state index contributed by atoms with van der Waals surface area (Å²) in [5.74, 6) is -1.08. The first kappa shape index (κ1) is 24.7. The van der Waals surface area contributed by atoms with Gasteiger partial charge in [0.25, 0.3) is 0 Å². The Morgan fingerprint density at radius 2 is 1.69 bits per heavy atom. The number of alkyl halides is 3. The molecule has 0 fully saturated rings. The Kier molecular flexibility index (Phi) is 7.12. The molecule has 4 rings (SSSR count). The Labute approximate surface area is 205 Å². The Morgan fingerprint density at radius 3 is 2.31 bits per heavy atom. The van der Waals surface area contributed by atoms with Gasteiger partial charge in [-0.3, -0.25) is 4.98 Å². The molecule has 2 N–H and O–H groups in total. The Hall–Kier alpha value is -3.39. The van der Waals surface area contributed by atoms with E-state index >= 15 is 0 Å². The van der Waals surface area contributed by atoms with Crippen LogP contribution >= 0.6 is 11.6 Å². The molecule has 1 aliphatic rings. The van der Waals surface area contributed by atoms with E-state index in [0.717, 1.165) is 12.1 Å². The standard InChI is InChI=1S/C26H22ClF4N3O/c27-20-10-11-23(32-16-20)25(15-17-6-2-1-3-7-17,34-24(35)33-22-8-4-5-9-22)18-12-19(26(29,30)31)14-21(28)13-18/h1-7,10-14,16,22H,8-9,15H2,(H2,33,34,35)/t25-/m0/s1. The Balaban J connectivity index is 1.89. The van der Waals surface area contributed by atoms with Gasteiger partial charge in [0.1, 0.15) is 11.4 Å². The highest BCUT2D eigenvalue weighted by Crippen LogP contribution is 2.38. The van der Waals surface area contributed by atoms with Crippen LogP contribution in [0.2, 0.25) is 5.02 Å². The lowest BCUT2D eigenvalue weighted by Crippen LogP contribution is -2.54. The van der Waals surface area contributed by atoms with Crippen molar-refractivity contribution in [2.75, 3.05) is 0 Å². The van der Waals surface area contributed by atoms with Crippen molar-refractivity contribution >= 4 is 17.6 Å². The highest BCUT2D eigenvalue weighted by Gasteiger charge is 2.41. The quantitative estimate of drug-likeness (QED) is 0.302. The Bertz CT molecular complexity index is 1210. The predicted octanol–water partition coefficient (Wildman–Crippen LogP) is 6.40. The number of pyridine rings is 1. The van der Waals surface area contributed by atoms with Gasteiger partial charge in [-0.15, -0.1) is 0 Å². The molecule has 1 heterocycles. The van der Waals surface area contributed by atoms with Gasteiger partial charge < -0.3 is 10.6 Å². The molecule has 2 aromatic carbocycles. The van der Waals surface area contributed by atoms with E-state index in [1.807, 2.05) is 12.2 Å². The maximum atomic E-state index is 14.6. The molecule has 35 heavy (non-hydrogen) atoms. The molecule has 1 aliphatic carbocycles. The number of hydrogen-bond acceptors (Lipinski definition) is 2. The van der Waals surface area contributed by atoms with Crippen LogP contribution in [0.1, 0.15) is 35.2 Å². The third-order valence-corrected chi connectivity index (χ3v) is 6.09. The number of nitrogens with zero attached hydrogens (tertiary/aromatic N) is 1. The van der Waals surface area contributed by atoms with Crippen molar-refractivity contribution in [3.05, 3.63) is 112 Å². The average molecular weight is 504 g/mol. The minimum atomic E-state index is -4.79. The molecule has 1 atom stereocenters. The van der Waals surface area contributed by atoms with Crippen molar-refractivity contribution in [2.24, 2.45) is 0 Å². The van der Waals surface area contributed by atoms with Gasteiger partial charge in [-0.2, -0.15) is 13.2 Å². The lowest BCUT2D eigenvalue weighted by Gasteiger charge is -2.36. The highest BCUT2D eigenvalue weighted by atomic mass is 35.5. The second-order valence-corrected chi connectivity index (χ2v) is 8.83. The van der Waals surface area contributed by atoms with E-state index in [1.54, 1.807) is 30.3 Å². The molecule has 9 heteroatoms. The maximum Gasteiger partial charge on any atom is 0.416 e. The lowest BCUT2D eigenvalue weighted by atomic mass is 9.79. The van der Waals surface area contributed by atoms with E-state index < -0.39 is 29.1 Å². The van der Waals surface area contributed by atoms with Crippen molar-refractivity contribution in [3.8, 4) is 0 Å². The summed E-state index contributed by atoms with van der Waals surface area (Å²) in [6, 6.07) is 13.4. The van der Waals surface area contributed by atoms with E-state index in [9.17, 15) is 22.4 Å². The van der Waals surface area contributed by atoms with Crippen molar-refractivity contribution in [3.63, 3.8) is 0 Å². The van der Waals surface area contributed by atoms with Gasteiger partial charge in [0.15, 0.2) is 0 Å². The summed E-state index contributed by atoms with van der Waals surface area (Å²) in [6.45, 7) is 0. The largest absolute Gasteiger partial charge is 0.416 e. The number of benzene rings is 2. The molecule has 0 bridgehead atoms. The minimum absolute atomic E-state index is 0.0135. The van der Waals surface area contributed by atoms with E-state index in [4.69, 9.17) is 11.6 Å². The third kappa shape index (κ3) is 5.82. The van der Waals surface area contributed by atoms with Gasteiger partial charge >= 0.3 is 12.2 Å². The molecule has 0 saturated carbocycles. The van der Waals surface area contributed by atoms with Crippen LogP contribution in [-0.2, 0) is 18.1 Å². The van der Waals surface area contributed by atoms with E-state index in [0.29, 0.717) is 29.5 Å². The fourth-order valence-electron chi connectivity index (χ4n) is 4.20. The number of aromatic nitrogens is 1. The Morgan fingerprint density at radius 1 is 1.00 bits per heavy atom. The molecule has 0 unspecified atom stereocenters. The van der Waals surface area contributed by atoms with Crippen LogP contribution in [0, 0.1) is 5.82 Å². The summed E-state index contributed by atoms with van der Waals surface area (Å²) < 4.78 is 55.5. The number of hydrogen-bond donors (Lipinski definition) is 2. The van der Waals surface area contributed by atoms with Crippen molar-refractivity contribution in [1.29, 1.82) is 0 Å². The molecule has 0 saturated heterocycles. The molecule has 1 aromatic heterocycles. The highest BCUT2D eigenvalue weighted by molar-refractivity contribution is 6.30. The number of urea groups is 1. The van der Waals surface area contributed by atoms with E-state index in [2.05, 4.69) is 15.6 Å². The van der Waals surface area contributed by atoms with Crippen LogP contribution in [-0.4, -0.2) is 17.1 Å². The molecule has 2 amide bonds. The van der Waals surface area contributed by atoms with Crippen LogP contribution in [0.3, 0.4) is 0 Å². The summed E-state index contributed by atoms with van der Waals surface area (Å²) in [5, 5.41) is 6.00. The zero-order chi connectivity index (χ0) is 25.1. The van der Waals surface area contributed by atoms with Crippen LogP contribution in [0.25, 0.3) is 0 Å². The maximum absolute atomic E-state index is 14.6. The van der Waals surface area contributed by atoms with Gasteiger partial charge in [-0.1, -0.05) is 54.1 Å². The van der Waals surface area contributed by atoms with Gasteiger partial charge in [0.2, 0.25) is 0 Å². The summed E-state index contributed by atoms with van der Waals surface area (Å²) in [7, 11) is 0. The smallest absolute Gasteiger partial charge is 0.335 e. The van der Waals surface area contributed by atoms with Crippen LogP contribution in [0.5, 0.6) is 0 Å². The molecule has 0 spiro atoms. The second kappa shape index (κ2) is 10.1. The molecule has 182 valence electrons. The SMILES string of the molecule is O=C(NC1CC=CC1)N[C@@](Cc1ccccc1)(c1cc(F)cc(C(F)(F)F)c1)c1ccc(Cl)cn1. The van der Waals surface area contributed by atoms with Gasteiger partial charge in [0.05, 0.1) is 16.3 Å². The summed E-state index contributed by atoms with van der Waals surface area (Å²) in [5.41, 5.74) is -1.98. The van der Waals surface area contributed by atoms with Crippen molar-refractivity contribution < 1.29 is 22.4 Å². The first-order valence-corrected chi connectivity index (χ1v) is 11.3. The van der Waals surface area contributed by atoms with Crippen LogP contribution in [0.15, 0.2) is 79.0 Å². The third-order valence-electron chi connectivity index (χ3n) is 5.86. The fourth-order valence-corrected chi connectivity index (χ4v) is 4.31. The van der Waals surface area contributed by atoms with Crippen molar-refractivity contribution in [2.45, 2.75) is 37.0 Å². The fraction of sp³-hybridized carbons (Fsp3) is 0.231. The molecule has 0 radical (unpaired) electrons. The summed E-state index contributed by atoms with van der Waals surface area (Å²) in [4.78, 5) is 17.5. The predicted molar refractivity (Wildman–Crippen MR) is 125 cm³/mol. The van der Waals surface area contributed by atoms with Crippen molar-refractivity contribution in [1.82, 2.24) is 15.6 Å². The first-order valence-electron chi connectivity index (χ1n) is 10.9. The number of halogens is 5. The average Bonchev–Trinajstić information content (AvgIpc) is 3.31. The lowest BCUT2D eigenvalue weighted by molar-refractivity contribution is -0.137.